The van der Waals surface area contributed by atoms with Gasteiger partial charge >= 0.3 is 0 Å². The highest BCUT2D eigenvalue weighted by atomic mass is 32.2. The maximum absolute atomic E-state index is 12.4. The van der Waals surface area contributed by atoms with Gasteiger partial charge in [0, 0.05) is 18.5 Å². The Balaban J connectivity index is 2.52. The van der Waals surface area contributed by atoms with Gasteiger partial charge in [-0.2, -0.15) is 5.26 Å². The van der Waals surface area contributed by atoms with Crippen LogP contribution in [0.3, 0.4) is 0 Å². The highest BCUT2D eigenvalue weighted by Crippen LogP contribution is 2.30. The Hall–Kier alpha value is -1.87. The minimum Gasteiger partial charge on any atom is -0.294 e. The number of fused-ring (bicyclic) bond motifs is 1. The van der Waals surface area contributed by atoms with Crippen LogP contribution in [0.1, 0.15) is 30.1 Å². The number of benzene rings is 1. The fourth-order valence-corrected chi connectivity index (χ4v) is 3.81. The molecule has 1 aromatic rings. The van der Waals surface area contributed by atoms with Gasteiger partial charge in [0.15, 0.2) is 11.0 Å². The molecule has 0 bridgehead atoms. The van der Waals surface area contributed by atoms with Crippen molar-refractivity contribution in [1.82, 2.24) is 0 Å². The summed E-state index contributed by atoms with van der Waals surface area (Å²) in [5, 5.41) is 7.89. The molecule has 1 heterocycles. The standard InChI is InChI=1S/C13H14N2O3S/c1-2-10(9-14)19(17,18)15-8-7-13(16)11-5-3-4-6-12(11)15/h3-6,10H,2,7-8H2,1H3. The summed E-state index contributed by atoms with van der Waals surface area (Å²) >= 11 is 0. The molecule has 0 spiro atoms. The largest absolute Gasteiger partial charge is 0.294 e. The van der Waals surface area contributed by atoms with Crippen LogP contribution in [0.25, 0.3) is 0 Å². The minimum atomic E-state index is -3.74. The number of Topliss-reactive ketones (excluding diaryl/α,β-unsaturated/α-hetero) is 1. The van der Waals surface area contributed by atoms with E-state index in [1.807, 2.05) is 6.07 Å². The highest BCUT2D eigenvalue weighted by molar-refractivity contribution is 7.93. The van der Waals surface area contributed by atoms with Crippen molar-refractivity contribution >= 4 is 21.5 Å². The normalized spacial score (nSPS) is 16.6. The van der Waals surface area contributed by atoms with Crippen LogP contribution in [0.4, 0.5) is 5.69 Å². The lowest BCUT2D eigenvalue weighted by molar-refractivity contribution is 0.0982. The molecule has 0 amide bonds. The van der Waals surface area contributed by atoms with E-state index < -0.39 is 15.3 Å². The summed E-state index contributed by atoms with van der Waals surface area (Å²) in [5.41, 5.74) is 0.789. The van der Waals surface area contributed by atoms with Crippen molar-refractivity contribution in [2.45, 2.75) is 25.0 Å². The molecule has 0 aliphatic carbocycles. The number of ketones is 1. The Kier molecular flexibility index (Phi) is 3.58. The lowest BCUT2D eigenvalue weighted by Crippen LogP contribution is -2.42. The second-order valence-electron chi connectivity index (χ2n) is 4.33. The van der Waals surface area contributed by atoms with Crippen LogP contribution >= 0.6 is 0 Å². The van der Waals surface area contributed by atoms with E-state index in [2.05, 4.69) is 0 Å². The fraction of sp³-hybridized carbons (Fsp3) is 0.385. The number of anilines is 1. The first-order valence-electron chi connectivity index (χ1n) is 6.05. The summed E-state index contributed by atoms with van der Waals surface area (Å²) < 4.78 is 26.0. The maximum atomic E-state index is 12.4. The zero-order valence-corrected chi connectivity index (χ0v) is 11.4. The third-order valence-electron chi connectivity index (χ3n) is 3.20. The minimum absolute atomic E-state index is 0.0629. The Morgan fingerprint density at radius 2 is 2.11 bits per heavy atom. The number of hydrogen-bond donors (Lipinski definition) is 0. The van der Waals surface area contributed by atoms with Crippen LogP contribution in [0.2, 0.25) is 0 Å². The van der Waals surface area contributed by atoms with E-state index in [0.717, 1.165) is 0 Å². The number of nitriles is 1. The molecular formula is C13H14N2O3S. The van der Waals surface area contributed by atoms with E-state index in [-0.39, 0.29) is 25.2 Å². The van der Waals surface area contributed by atoms with Crippen LogP contribution < -0.4 is 4.31 Å². The van der Waals surface area contributed by atoms with Crippen molar-refractivity contribution in [2.24, 2.45) is 0 Å². The van der Waals surface area contributed by atoms with Gasteiger partial charge in [-0.15, -0.1) is 0 Å². The molecule has 1 unspecified atom stereocenters. The Bertz CT molecular complexity index is 646. The lowest BCUT2D eigenvalue weighted by Gasteiger charge is -2.30. The van der Waals surface area contributed by atoms with Crippen LogP contribution in [-0.2, 0) is 10.0 Å². The molecule has 6 heteroatoms. The van der Waals surface area contributed by atoms with Gasteiger partial charge in [-0.25, -0.2) is 8.42 Å². The third kappa shape index (κ3) is 2.22. The van der Waals surface area contributed by atoms with Crippen LogP contribution in [0.5, 0.6) is 0 Å². The zero-order valence-electron chi connectivity index (χ0n) is 10.5. The van der Waals surface area contributed by atoms with Gasteiger partial charge < -0.3 is 0 Å². The van der Waals surface area contributed by atoms with Crippen molar-refractivity contribution in [3.63, 3.8) is 0 Å². The first-order valence-corrected chi connectivity index (χ1v) is 7.56. The molecule has 0 aromatic heterocycles. The number of carbonyl (C=O) groups is 1. The summed E-state index contributed by atoms with van der Waals surface area (Å²) in [5.74, 6) is -0.0629. The van der Waals surface area contributed by atoms with E-state index in [1.165, 1.54) is 4.31 Å². The molecule has 100 valence electrons. The predicted octanol–water partition coefficient (Wildman–Crippen LogP) is 1.71. The molecule has 2 rings (SSSR count). The maximum Gasteiger partial charge on any atom is 0.251 e. The molecule has 5 nitrogen and oxygen atoms in total. The molecule has 1 aliphatic rings. The van der Waals surface area contributed by atoms with Crippen molar-refractivity contribution in [1.29, 1.82) is 5.26 Å². The number of para-hydroxylation sites is 1. The highest BCUT2D eigenvalue weighted by Gasteiger charge is 2.35. The first-order chi connectivity index (χ1) is 9.02. The number of sulfonamides is 1. The zero-order chi connectivity index (χ0) is 14.0. The summed E-state index contributed by atoms with van der Waals surface area (Å²) in [7, 11) is -3.74. The summed E-state index contributed by atoms with van der Waals surface area (Å²) in [6.45, 7) is 1.77. The average molecular weight is 278 g/mol. The van der Waals surface area contributed by atoms with E-state index in [4.69, 9.17) is 5.26 Å². The second-order valence-corrected chi connectivity index (χ2v) is 6.37. The molecular weight excluding hydrogens is 264 g/mol. The SMILES string of the molecule is CCC(C#N)S(=O)(=O)N1CCC(=O)c2ccccc21. The molecule has 1 aromatic carbocycles. The Morgan fingerprint density at radius 1 is 1.42 bits per heavy atom. The smallest absolute Gasteiger partial charge is 0.251 e. The van der Waals surface area contributed by atoms with Crippen molar-refractivity contribution in [3.8, 4) is 6.07 Å². The summed E-state index contributed by atoms with van der Waals surface area (Å²) in [6.07, 6.45) is 0.379. The molecule has 0 fully saturated rings. The molecule has 1 aliphatic heterocycles. The van der Waals surface area contributed by atoms with Gasteiger partial charge in [-0.3, -0.25) is 9.10 Å². The van der Waals surface area contributed by atoms with E-state index in [0.29, 0.717) is 11.3 Å². The molecule has 0 saturated carbocycles. The van der Waals surface area contributed by atoms with Gasteiger partial charge in [-0.05, 0) is 18.6 Å². The van der Waals surface area contributed by atoms with E-state index in [1.54, 1.807) is 31.2 Å². The average Bonchev–Trinajstić information content (AvgIpc) is 2.40. The topological polar surface area (TPSA) is 78.2 Å². The molecule has 0 saturated heterocycles. The Labute approximate surface area is 112 Å². The van der Waals surface area contributed by atoms with E-state index >= 15 is 0 Å². The van der Waals surface area contributed by atoms with Gasteiger partial charge in [0.25, 0.3) is 10.0 Å². The number of nitrogens with zero attached hydrogens (tertiary/aromatic N) is 2. The third-order valence-corrected chi connectivity index (χ3v) is 5.35. The molecule has 0 N–H and O–H groups in total. The van der Waals surface area contributed by atoms with Gasteiger partial charge in [0.2, 0.25) is 0 Å². The van der Waals surface area contributed by atoms with Gasteiger partial charge in [-0.1, -0.05) is 19.1 Å². The number of rotatable bonds is 3. The monoisotopic (exact) mass is 278 g/mol. The van der Waals surface area contributed by atoms with Gasteiger partial charge in [0.05, 0.1) is 11.8 Å². The van der Waals surface area contributed by atoms with Crippen LogP contribution in [0, 0.1) is 11.3 Å². The fourth-order valence-electron chi connectivity index (χ4n) is 2.17. The predicted molar refractivity (Wildman–Crippen MR) is 71.3 cm³/mol. The number of hydrogen-bond acceptors (Lipinski definition) is 4. The second kappa shape index (κ2) is 5.02. The first kappa shape index (κ1) is 13.6. The number of carbonyl (C=O) groups excluding carboxylic acids is 1. The van der Waals surface area contributed by atoms with Crippen molar-refractivity contribution in [2.75, 3.05) is 10.8 Å². The van der Waals surface area contributed by atoms with Gasteiger partial charge in [0.1, 0.15) is 0 Å². The summed E-state index contributed by atoms with van der Waals surface area (Å²) in [6, 6.07) is 8.43. The molecule has 19 heavy (non-hydrogen) atoms. The molecule has 1 atom stereocenters. The quantitative estimate of drug-likeness (QED) is 0.843. The van der Waals surface area contributed by atoms with E-state index in [9.17, 15) is 13.2 Å². The lowest BCUT2D eigenvalue weighted by atomic mass is 10.0. The van der Waals surface area contributed by atoms with Crippen molar-refractivity contribution in [3.05, 3.63) is 29.8 Å². The Morgan fingerprint density at radius 3 is 2.74 bits per heavy atom. The summed E-state index contributed by atoms with van der Waals surface area (Å²) in [4.78, 5) is 11.8. The van der Waals surface area contributed by atoms with Crippen molar-refractivity contribution < 1.29 is 13.2 Å². The molecule has 0 radical (unpaired) electrons. The van der Waals surface area contributed by atoms with Crippen LogP contribution in [0.15, 0.2) is 24.3 Å². The van der Waals surface area contributed by atoms with Crippen LogP contribution in [-0.4, -0.2) is 26.0 Å².